The highest BCUT2D eigenvalue weighted by atomic mass is 19.2. The van der Waals surface area contributed by atoms with E-state index in [1.54, 1.807) is 12.1 Å². The molecule has 0 aliphatic heterocycles. The molecule has 0 saturated carbocycles. The monoisotopic (exact) mass is 294 g/mol. The van der Waals surface area contributed by atoms with Crippen LogP contribution in [0.1, 0.15) is 35.5 Å². The van der Waals surface area contributed by atoms with Crippen LogP contribution in [-0.4, -0.2) is 11.5 Å². The molecule has 1 N–H and O–H groups in total. The van der Waals surface area contributed by atoms with Gasteiger partial charge in [-0.05, 0) is 44.2 Å². The van der Waals surface area contributed by atoms with Crippen LogP contribution in [-0.2, 0) is 0 Å². The van der Waals surface area contributed by atoms with Gasteiger partial charge in [0.25, 0.3) is 0 Å². The number of halogens is 3. The molecule has 2 rings (SSSR count). The largest absolute Gasteiger partial charge is 0.306 e. The molecule has 1 aromatic heterocycles. The van der Waals surface area contributed by atoms with Crippen molar-refractivity contribution in [1.82, 2.24) is 10.3 Å². The van der Waals surface area contributed by atoms with E-state index in [1.807, 2.05) is 20.8 Å². The Kier molecular flexibility index (Phi) is 4.63. The van der Waals surface area contributed by atoms with Crippen molar-refractivity contribution in [3.8, 4) is 0 Å². The molecule has 0 spiro atoms. The summed E-state index contributed by atoms with van der Waals surface area (Å²) in [7, 11) is 0. The minimum Gasteiger partial charge on any atom is -0.306 e. The molecule has 21 heavy (non-hydrogen) atoms. The van der Waals surface area contributed by atoms with Crippen molar-refractivity contribution in [1.29, 1.82) is 0 Å². The maximum atomic E-state index is 14.1. The minimum absolute atomic E-state index is 0.0840. The second-order valence-corrected chi connectivity index (χ2v) is 4.94. The van der Waals surface area contributed by atoms with Crippen LogP contribution >= 0.6 is 0 Å². The summed E-state index contributed by atoms with van der Waals surface area (Å²) in [6.45, 7) is 6.09. The number of rotatable bonds is 4. The predicted octanol–water partition coefficient (Wildman–Crippen LogP) is 3.81. The Morgan fingerprint density at radius 1 is 1.05 bits per heavy atom. The average Bonchev–Trinajstić information content (AvgIpc) is 2.42. The van der Waals surface area contributed by atoms with Crippen molar-refractivity contribution in [2.45, 2.75) is 26.8 Å². The molecule has 2 aromatic rings. The van der Waals surface area contributed by atoms with Crippen LogP contribution in [0.4, 0.5) is 13.2 Å². The molecule has 0 fully saturated rings. The summed E-state index contributed by atoms with van der Waals surface area (Å²) in [5.41, 5.74) is 2.43. The molecular weight excluding hydrogens is 277 g/mol. The summed E-state index contributed by atoms with van der Waals surface area (Å²) >= 11 is 0. The van der Waals surface area contributed by atoms with Gasteiger partial charge in [0.05, 0.1) is 6.04 Å². The second-order valence-electron chi connectivity index (χ2n) is 4.94. The molecule has 0 bridgehead atoms. The standard InChI is InChI=1S/C16H17F3N2/c1-4-20-16(11-7-9(2)21-10(3)8-11)12-5-6-13(17)15(19)14(12)18/h5-8,16,20H,4H2,1-3H3. The van der Waals surface area contributed by atoms with E-state index < -0.39 is 23.5 Å². The van der Waals surface area contributed by atoms with Crippen molar-refractivity contribution in [2.24, 2.45) is 0 Å². The fourth-order valence-electron chi connectivity index (χ4n) is 2.41. The summed E-state index contributed by atoms with van der Waals surface area (Å²) in [5.74, 6) is -3.79. The van der Waals surface area contributed by atoms with E-state index in [-0.39, 0.29) is 5.56 Å². The van der Waals surface area contributed by atoms with Crippen LogP contribution in [0.5, 0.6) is 0 Å². The second kappa shape index (κ2) is 6.26. The van der Waals surface area contributed by atoms with E-state index in [0.717, 1.165) is 23.0 Å². The van der Waals surface area contributed by atoms with Crippen LogP contribution < -0.4 is 5.32 Å². The van der Waals surface area contributed by atoms with Gasteiger partial charge in [-0.1, -0.05) is 13.0 Å². The quantitative estimate of drug-likeness (QED) is 0.867. The third-order valence-electron chi connectivity index (χ3n) is 3.22. The molecule has 2 nitrogen and oxygen atoms in total. The lowest BCUT2D eigenvalue weighted by Gasteiger charge is -2.20. The maximum Gasteiger partial charge on any atom is 0.194 e. The summed E-state index contributed by atoms with van der Waals surface area (Å²) in [5, 5.41) is 3.10. The normalized spacial score (nSPS) is 12.5. The van der Waals surface area contributed by atoms with Crippen molar-refractivity contribution < 1.29 is 13.2 Å². The summed E-state index contributed by atoms with van der Waals surface area (Å²) in [6, 6.07) is 5.28. The van der Waals surface area contributed by atoms with Gasteiger partial charge in [0.2, 0.25) is 0 Å². The lowest BCUT2D eigenvalue weighted by atomic mass is 9.97. The zero-order valence-electron chi connectivity index (χ0n) is 12.2. The Morgan fingerprint density at radius 3 is 2.24 bits per heavy atom. The highest BCUT2D eigenvalue weighted by molar-refractivity contribution is 5.35. The molecule has 0 aliphatic rings. The maximum absolute atomic E-state index is 14.1. The van der Waals surface area contributed by atoms with Gasteiger partial charge in [0.15, 0.2) is 17.5 Å². The molecule has 1 heterocycles. The summed E-state index contributed by atoms with van der Waals surface area (Å²) in [4.78, 5) is 4.27. The summed E-state index contributed by atoms with van der Waals surface area (Å²) in [6.07, 6.45) is 0. The number of hydrogen-bond acceptors (Lipinski definition) is 2. The lowest BCUT2D eigenvalue weighted by molar-refractivity contribution is 0.433. The van der Waals surface area contributed by atoms with Gasteiger partial charge in [-0.15, -0.1) is 0 Å². The first-order chi connectivity index (χ1) is 9.93. The smallest absolute Gasteiger partial charge is 0.194 e. The Hall–Kier alpha value is -1.88. The minimum atomic E-state index is -1.45. The fraction of sp³-hybridized carbons (Fsp3) is 0.312. The molecule has 1 atom stereocenters. The number of aromatic nitrogens is 1. The molecule has 0 aliphatic carbocycles. The fourth-order valence-corrected chi connectivity index (χ4v) is 2.41. The highest BCUT2D eigenvalue weighted by Crippen LogP contribution is 2.27. The van der Waals surface area contributed by atoms with Gasteiger partial charge in [0, 0.05) is 17.0 Å². The predicted molar refractivity (Wildman–Crippen MR) is 75.5 cm³/mol. The lowest BCUT2D eigenvalue weighted by Crippen LogP contribution is -2.24. The molecule has 0 radical (unpaired) electrons. The average molecular weight is 294 g/mol. The topological polar surface area (TPSA) is 24.9 Å². The highest BCUT2D eigenvalue weighted by Gasteiger charge is 2.22. The molecule has 5 heteroatoms. The first-order valence-electron chi connectivity index (χ1n) is 6.76. The number of aryl methyl sites for hydroxylation is 2. The number of nitrogens with one attached hydrogen (secondary N) is 1. The number of nitrogens with zero attached hydrogens (tertiary/aromatic N) is 1. The Morgan fingerprint density at radius 2 is 1.67 bits per heavy atom. The summed E-state index contributed by atoms with van der Waals surface area (Å²) < 4.78 is 40.6. The third kappa shape index (κ3) is 3.24. The van der Waals surface area contributed by atoms with Gasteiger partial charge in [-0.2, -0.15) is 0 Å². The van der Waals surface area contributed by atoms with Gasteiger partial charge in [0.1, 0.15) is 0 Å². The Balaban J connectivity index is 2.56. The van der Waals surface area contributed by atoms with Crippen molar-refractivity contribution in [3.05, 3.63) is 64.2 Å². The molecule has 1 aromatic carbocycles. The number of pyridine rings is 1. The number of hydrogen-bond donors (Lipinski definition) is 1. The first-order valence-corrected chi connectivity index (χ1v) is 6.76. The van der Waals surface area contributed by atoms with Crippen LogP contribution in [0, 0.1) is 31.3 Å². The molecule has 112 valence electrons. The van der Waals surface area contributed by atoms with E-state index in [4.69, 9.17) is 0 Å². The Bertz CT molecular complexity index is 636. The van der Waals surface area contributed by atoms with E-state index in [9.17, 15) is 13.2 Å². The van der Waals surface area contributed by atoms with E-state index in [0.29, 0.717) is 6.54 Å². The van der Waals surface area contributed by atoms with E-state index in [2.05, 4.69) is 10.3 Å². The van der Waals surface area contributed by atoms with Gasteiger partial charge in [-0.3, -0.25) is 4.98 Å². The van der Waals surface area contributed by atoms with E-state index >= 15 is 0 Å². The van der Waals surface area contributed by atoms with Crippen molar-refractivity contribution >= 4 is 0 Å². The van der Waals surface area contributed by atoms with Gasteiger partial charge >= 0.3 is 0 Å². The van der Waals surface area contributed by atoms with Crippen LogP contribution in [0.25, 0.3) is 0 Å². The Labute approximate surface area is 122 Å². The van der Waals surface area contributed by atoms with Crippen LogP contribution in [0.15, 0.2) is 24.3 Å². The zero-order chi connectivity index (χ0) is 15.6. The van der Waals surface area contributed by atoms with Gasteiger partial charge in [-0.25, -0.2) is 13.2 Å². The molecule has 0 amide bonds. The molecule has 0 saturated heterocycles. The SMILES string of the molecule is CCNC(c1cc(C)nc(C)c1)c1ccc(F)c(F)c1F. The first kappa shape index (κ1) is 15.5. The molecule has 1 unspecified atom stereocenters. The van der Waals surface area contributed by atoms with E-state index in [1.165, 1.54) is 6.07 Å². The van der Waals surface area contributed by atoms with Crippen molar-refractivity contribution in [3.63, 3.8) is 0 Å². The van der Waals surface area contributed by atoms with Gasteiger partial charge < -0.3 is 5.32 Å². The zero-order valence-corrected chi connectivity index (χ0v) is 12.2. The molecular formula is C16H17F3N2. The van der Waals surface area contributed by atoms with Crippen molar-refractivity contribution in [2.75, 3.05) is 6.54 Å². The van der Waals surface area contributed by atoms with Crippen LogP contribution in [0.2, 0.25) is 0 Å². The number of benzene rings is 1. The van der Waals surface area contributed by atoms with Crippen LogP contribution in [0.3, 0.4) is 0 Å². The third-order valence-corrected chi connectivity index (χ3v) is 3.22.